The third-order valence-corrected chi connectivity index (χ3v) is 8.79. The number of alkyl halides is 3. The zero-order chi connectivity index (χ0) is 27.0. The standard InChI is InChI=1S/C25H29F4N3O4S/c1-17-15-30(24-9-8-19(26)13-23(24)25(27,28)29)11-12-32(17)37(34,35)22-7-3-5-20(14-22)31-10-4-6-21(31)16-36-18(2)33/h3,5,7-9,13-14,17,21H,4,6,10-12,15-16H2,1-2H3. The molecule has 2 fully saturated rings. The lowest BCUT2D eigenvalue weighted by Crippen LogP contribution is -2.54. The van der Waals surface area contributed by atoms with Crippen molar-refractivity contribution in [1.29, 1.82) is 0 Å². The molecule has 12 heteroatoms. The molecule has 0 N–H and O–H groups in total. The number of carbonyl (C=O) groups is 1. The van der Waals surface area contributed by atoms with Gasteiger partial charge in [0, 0.05) is 50.5 Å². The monoisotopic (exact) mass is 543 g/mol. The average molecular weight is 544 g/mol. The summed E-state index contributed by atoms with van der Waals surface area (Å²) < 4.78 is 87.7. The van der Waals surface area contributed by atoms with Crippen LogP contribution in [0.4, 0.5) is 28.9 Å². The second kappa shape index (κ2) is 10.5. The Labute approximate surface area is 213 Å². The number of ether oxygens (including phenoxy) is 1. The first-order valence-electron chi connectivity index (χ1n) is 12.0. The molecule has 2 aromatic rings. The van der Waals surface area contributed by atoms with Crippen LogP contribution in [0.25, 0.3) is 0 Å². The maximum absolute atomic E-state index is 13.6. The highest BCUT2D eigenvalue weighted by atomic mass is 32.2. The SMILES string of the molecule is CC(=O)OCC1CCCN1c1cccc(S(=O)(=O)N2CCN(c3ccc(F)cc3C(F)(F)F)CC2C)c1. The lowest BCUT2D eigenvalue weighted by molar-refractivity contribution is -0.141. The zero-order valence-corrected chi connectivity index (χ0v) is 21.4. The van der Waals surface area contributed by atoms with E-state index in [1.54, 1.807) is 25.1 Å². The molecule has 0 aliphatic carbocycles. The minimum atomic E-state index is -4.74. The van der Waals surface area contributed by atoms with Crippen molar-refractivity contribution in [3.63, 3.8) is 0 Å². The minimum absolute atomic E-state index is 0.0181. The van der Waals surface area contributed by atoms with Gasteiger partial charge in [0.2, 0.25) is 10.0 Å². The number of anilines is 2. The average Bonchev–Trinajstić information content (AvgIpc) is 3.31. The summed E-state index contributed by atoms with van der Waals surface area (Å²) in [5.41, 5.74) is -0.562. The highest BCUT2D eigenvalue weighted by Crippen LogP contribution is 2.38. The molecular weight excluding hydrogens is 514 g/mol. The Morgan fingerprint density at radius 3 is 2.54 bits per heavy atom. The molecule has 0 bridgehead atoms. The Hall–Kier alpha value is -2.86. The molecule has 2 heterocycles. The number of benzene rings is 2. The maximum atomic E-state index is 13.6. The molecule has 2 unspecified atom stereocenters. The molecule has 2 aliphatic heterocycles. The van der Waals surface area contributed by atoms with E-state index >= 15 is 0 Å². The van der Waals surface area contributed by atoms with Gasteiger partial charge in [-0.3, -0.25) is 4.79 Å². The van der Waals surface area contributed by atoms with Crippen LogP contribution in [-0.2, 0) is 25.7 Å². The molecule has 2 saturated heterocycles. The van der Waals surface area contributed by atoms with Crippen molar-refractivity contribution in [2.45, 2.75) is 49.8 Å². The van der Waals surface area contributed by atoms with Gasteiger partial charge in [0.1, 0.15) is 12.4 Å². The Morgan fingerprint density at radius 1 is 1.11 bits per heavy atom. The van der Waals surface area contributed by atoms with E-state index in [-0.39, 0.29) is 48.8 Å². The van der Waals surface area contributed by atoms with Crippen molar-refractivity contribution in [1.82, 2.24) is 4.31 Å². The van der Waals surface area contributed by atoms with E-state index < -0.39 is 33.6 Å². The van der Waals surface area contributed by atoms with Crippen LogP contribution in [0.5, 0.6) is 0 Å². The molecule has 0 spiro atoms. The molecule has 0 aromatic heterocycles. The number of sulfonamides is 1. The molecule has 37 heavy (non-hydrogen) atoms. The number of halogens is 4. The zero-order valence-electron chi connectivity index (χ0n) is 20.5. The summed E-state index contributed by atoms with van der Waals surface area (Å²) in [6.07, 6.45) is -3.05. The summed E-state index contributed by atoms with van der Waals surface area (Å²) in [6.45, 7) is 3.91. The first kappa shape index (κ1) is 27.2. The third-order valence-electron chi connectivity index (χ3n) is 6.78. The van der Waals surface area contributed by atoms with Crippen LogP contribution in [0.3, 0.4) is 0 Å². The maximum Gasteiger partial charge on any atom is 0.418 e. The fourth-order valence-corrected chi connectivity index (χ4v) is 6.70. The molecule has 0 radical (unpaired) electrons. The highest BCUT2D eigenvalue weighted by Gasteiger charge is 2.39. The summed E-state index contributed by atoms with van der Waals surface area (Å²) in [5, 5.41) is 0. The van der Waals surface area contributed by atoms with Gasteiger partial charge in [-0.15, -0.1) is 0 Å². The third kappa shape index (κ3) is 5.85. The van der Waals surface area contributed by atoms with Gasteiger partial charge in [-0.1, -0.05) is 6.07 Å². The van der Waals surface area contributed by atoms with Crippen LogP contribution in [0.15, 0.2) is 47.4 Å². The van der Waals surface area contributed by atoms with Gasteiger partial charge in [0.15, 0.2) is 0 Å². The van der Waals surface area contributed by atoms with E-state index in [0.717, 1.165) is 25.0 Å². The van der Waals surface area contributed by atoms with E-state index in [4.69, 9.17) is 4.74 Å². The van der Waals surface area contributed by atoms with Crippen molar-refractivity contribution < 1.29 is 35.5 Å². The van der Waals surface area contributed by atoms with Gasteiger partial charge in [0.05, 0.1) is 16.5 Å². The van der Waals surface area contributed by atoms with E-state index in [9.17, 15) is 30.8 Å². The van der Waals surface area contributed by atoms with Gasteiger partial charge in [-0.25, -0.2) is 12.8 Å². The van der Waals surface area contributed by atoms with Crippen molar-refractivity contribution in [3.05, 3.63) is 53.8 Å². The Balaban J connectivity index is 1.53. The highest BCUT2D eigenvalue weighted by molar-refractivity contribution is 7.89. The van der Waals surface area contributed by atoms with Gasteiger partial charge in [0.25, 0.3) is 0 Å². The number of rotatable bonds is 6. The largest absolute Gasteiger partial charge is 0.464 e. The first-order valence-corrected chi connectivity index (χ1v) is 13.5. The summed E-state index contributed by atoms with van der Waals surface area (Å²) in [7, 11) is -3.94. The molecule has 2 aliphatic rings. The number of piperazine rings is 1. The normalized spacial score (nSPS) is 21.4. The Kier molecular flexibility index (Phi) is 7.70. The van der Waals surface area contributed by atoms with Crippen LogP contribution in [0.2, 0.25) is 0 Å². The van der Waals surface area contributed by atoms with Crippen LogP contribution < -0.4 is 9.80 Å². The number of nitrogens with zero attached hydrogens (tertiary/aromatic N) is 3. The fraction of sp³-hybridized carbons (Fsp3) is 0.480. The number of esters is 1. The Morgan fingerprint density at radius 2 is 1.86 bits per heavy atom. The van der Waals surface area contributed by atoms with E-state index in [0.29, 0.717) is 18.3 Å². The lowest BCUT2D eigenvalue weighted by atomic mass is 10.1. The summed E-state index contributed by atoms with van der Waals surface area (Å²) in [4.78, 5) is 14.8. The quantitative estimate of drug-likeness (QED) is 0.400. The molecular formula is C25H29F4N3O4S. The smallest absolute Gasteiger partial charge is 0.418 e. The number of carbonyl (C=O) groups excluding carboxylic acids is 1. The first-order chi connectivity index (χ1) is 17.4. The predicted octanol–water partition coefficient (Wildman–Crippen LogP) is 4.28. The molecule has 0 amide bonds. The molecule has 4 rings (SSSR count). The van der Waals surface area contributed by atoms with Gasteiger partial charge >= 0.3 is 12.1 Å². The molecule has 2 atom stereocenters. The summed E-state index contributed by atoms with van der Waals surface area (Å²) in [5.74, 6) is -1.36. The Bertz CT molecular complexity index is 1250. The van der Waals surface area contributed by atoms with Gasteiger partial charge < -0.3 is 14.5 Å². The predicted molar refractivity (Wildman–Crippen MR) is 130 cm³/mol. The second-order valence-corrected chi connectivity index (χ2v) is 11.2. The summed E-state index contributed by atoms with van der Waals surface area (Å²) >= 11 is 0. The van der Waals surface area contributed by atoms with Crippen LogP contribution >= 0.6 is 0 Å². The van der Waals surface area contributed by atoms with Gasteiger partial charge in [-0.05, 0) is 56.2 Å². The lowest BCUT2D eigenvalue weighted by Gasteiger charge is -2.41. The van der Waals surface area contributed by atoms with Crippen LogP contribution in [-0.4, -0.2) is 63.6 Å². The second-order valence-electron chi connectivity index (χ2n) is 9.36. The van der Waals surface area contributed by atoms with Crippen molar-refractivity contribution in [2.24, 2.45) is 0 Å². The van der Waals surface area contributed by atoms with Crippen molar-refractivity contribution in [3.8, 4) is 0 Å². The van der Waals surface area contributed by atoms with Crippen molar-refractivity contribution >= 4 is 27.4 Å². The van der Waals surface area contributed by atoms with Crippen LogP contribution in [0.1, 0.15) is 32.3 Å². The molecule has 202 valence electrons. The number of hydrogen-bond donors (Lipinski definition) is 0. The molecule has 0 saturated carbocycles. The minimum Gasteiger partial charge on any atom is -0.464 e. The van der Waals surface area contributed by atoms with Crippen molar-refractivity contribution in [2.75, 3.05) is 42.6 Å². The fourth-order valence-electron chi connectivity index (χ4n) is 5.05. The summed E-state index contributed by atoms with van der Waals surface area (Å²) in [6, 6.07) is 8.37. The van der Waals surface area contributed by atoms with E-state index in [1.807, 2.05) is 4.90 Å². The van der Waals surface area contributed by atoms with E-state index in [1.165, 1.54) is 22.2 Å². The molecule has 7 nitrogen and oxygen atoms in total. The van der Waals surface area contributed by atoms with E-state index in [2.05, 4.69) is 0 Å². The number of hydrogen-bond acceptors (Lipinski definition) is 6. The van der Waals surface area contributed by atoms with Crippen LogP contribution in [0, 0.1) is 5.82 Å². The van der Waals surface area contributed by atoms with Gasteiger partial charge in [-0.2, -0.15) is 17.5 Å². The molecule has 2 aromatic carbocycles. The topological polar surface area (TPSA) is 70.2 Å².